The number of hydrogen-bond acceptors (Lipinski definition) is 5. The van der Waals surface area contributed by atoms with Crippen LogP contribution in [0.5, 0.6) is 0 Å². The molecule has 0 radical (unpaired) electrons. The quantitative estimate of drug-likeness (QED) is 0.586. The highest BCUT2D eigenvalue weighted by molar-refractivity contribution is 5.26. The normalized spacial score (nSPS) is 9.93. The van der Waals surface area contributed by atoms with Crippen LogP contribution in [-0.2, 0) is 6.54 Å². The highest BCUT2D eigenvalue weighted by atomic mass is 15.5. The average molecular weight is 201 g/mol. The Hall–Kier alpha value is -2.01. The fourth-order valence-corrected chi connectivity index (χ4v) is 1.18. The molecule has 0 bridgehead atoms. The lowest BCUT2D eigenvalue weighted by atomic mass is 10.3. The number of hydrogen-bond donors (Lipinski definition) is 1. The van der Waals surface area contributed by atoms with E-state index in [0.29, 0.717) is 12.5 Å². The van der Waals surface area contributed by atoms with Crippen LogP contribution in [0.25, 0.3) is 0 Å². The SMILES string of the molecule is NN(Cc1ccccn1)c1ncccn1. The van der Waals surface area contributed by atoms with E-state index in [1.807, 2.05) is 18.2 Å². The fourth-order valence-electron chi connectivity index (χ4n) is 1.18. The van der Waals surface area contributed by atoms with Gasteiger partial charge in [-0.25, -0.2) is 15.8 Å². The van der Waals surface area contributed by atoms with Crippen molar-refractivity contribution in [1.29, 1.82) is 0 Å². The van der Waals surface area contributed by atoms with Gasteiger partial charge in [-0.15, -0.1) is 0 Å². The second kappa shape index (κ2) is 4.47. The van der Waals surface area contributed by atoms with Crippen molar-refractivity contribution in [3.63, 3.8) is 0 Å². The maximum absolute atomic E-state index is 5.80. The Labute approximate surface area is 87.6 Å². The van der Waals surface area contributed by atoms with Crippen LogP contribution < -0.4 is 10.9 Å². The number of anilines is 1. The van der Waals surface area contributed by atoms with E-state index in [0.717, 1.165) is 5.69 Å². The summed E-state index contributed by atoms with van der Waals surface area (Å²) < 4.78 is 0. The second-order valence-corrected chi connectivity index (χ2v) is 3.00. The van der Waals surface area contributed by atoms with Gasteiger partial charge in [-0.3, -0.25) is 9.99 Å². The van der Waals surface area contributed by atoms with Crippen molar-refractivity contribution >= 4 is 5.95 Å². The van der Waals surface area contributed by atoms with Gasteiger partial charge in [0.1, 0.15) is 0 Å². The molecule has 0 aliphatic rings. The maximum atomic E-state index is 5.80. The summed E-state index contributed by atoms with van der Waals surface area (Å²) in [5, 5.41) is 1.46. The topological polar surface area (TPSA) is 67.9 Å². The number of rotatable bonds is 3. The molecule has 2 rings (SSSR count). The highest BCUT2D eigenvalue weighted by Crippen LogP contribution is 2.04. The van der Waals surface area contributed by atoms with Gasteiger partial charge in [0.2, 0.25) is 5.95 Å². The summed E-state index contributed by atoms with van der Waals surface area (Å²) in [5.41, 5.74) is 0.882. The molecule has 0 amide bonds. The predicted octanol–water partition coefficient (Wildman–Crippen LogP) is 0.752. The zero-order valence-electron chi connectivity index (χ0n) is 8.11. The van der Waals surface area contributed by atoms with E-state index in [1.54, 1.807) is 24.7 Å². The summed E-state index contributed by atoms with van der Waals surface area (Å²) in [7, 11) is 0. The molecule has 2 aromatic heterocycles. The zero-order valence-corrected chi connectivity index (χ0v) is 8.11. The monoisotopic (exact) mass is 201 g/mol. The maximum Gasteiger partial charge on any atom is 0.240 e. The van der Waals surface area contributed by atoms with Crippen molar-refractivity contribution in [3.05, 3.63) is 48.5 Å². The second-order valence-electron chi connectivity index (χ2n) is 3.00. The average Bonchev–Trinajstić information content (AvgIpc) is 2.31. The van der Waals surface area contributed by atoms with Crippen LogP contribution in [0.1, 0.15) is 5.69 Å². The summed E-state index contributed by atoms with van der Waals surface area (Å²) in [6.45, 7) is 0.491. The van der Waals surface area contributed by atoms with Gasteiger partial charge < -0.3 is 0 Å². The van der Waals surface area contributed by atoms with E-state index in [1.165, 1.54) is 5.01 Å². The Morgan fingerprint density at radius 3 is 2.40 bits per heavy atom. The summed E-state index contributed by atoms with van der Waals surface area (Å²) >= 11 is 0. The third-order valence-electron chi connectivity index (χ3n) is 1.87. The minimum absolute atomic E-state index is 0.489. The fraction of sp³-hybridized carbons (Fsp3) is 0.100. The molecule has 15 heavy (non-hydrogen) atoms. The van der Waals surface area contributed by atoms with Gasteiger partial charge in [-0.1, -0.05) is 6.07 Å². The molecule has 0 unspecified atom stereocenters. The summed E-state index contributed by atoms with van der Waals surface area (Å²) in [6, 6.07) is 7.44. The van der Waals surface area contributed by atoms with Crippen LogP contribution in [0, 0.1) is 0 Å². The molecule has 0 aliphatic heterocycles. The van der Waals surface area contributed by atoms with E-state index in [-0.39, 0.29) is 0 Å². The van der Waals surface area contributed by atoms with Crippen LogP contribution in [0.2, 0.25) is 0 Å². The van der Waals surface area contributed by atoms with Gasteiger partial charge in [0, 0.05) is 18.6 Å². The smallest absolute Gasteiger partial charge is 0.240 e. The first-order valence-corrected chi connectivity index (χ1v) is 4.55. The van der Waals surface area contributed by atoms with E-state index >= 15 is 0 Å². The lowest BCUT2D eigenvalue weighted by molar-refractivity contribution is 0.788. The summed E-state index contributed by atoms with van der Waals surface area (Å²) in [5.74, 6) is 6.28. The molecule has 0 aromatic carbocycles. The van der Waals surface area contributed by atoms with E-state index in [2.05, 4.69) is 15.0 Å². The molecular weight excluding hydrogens is 190 g/mol. The summed E-state index contributed by atoms with van der Waals surface area (Å²) in [6.07, 6.45) is 5.04. The predicted molar refractivity (Wildman–Crippen MR) is 56.6 cm³/mol. The van der Waals surface area contributed by atoms with Crippen molar-refractivity contribution in [2.75, 3.05) is 5.01 Å². The van der Waals surface area contributed by atoms with Gasteiger partial charge in [0.25, 0.3) is 0 Å². The van der Waals surface area contributed by atoms with Gasteiger partial charge in [0.05, 0.1) is 12.2 Å². The standard InChI is InChI=1S/C10H11N5/c11-15(10-13-6-3-7-14-10)8-9-4-1-2-5-12-9/h1-7H,8,11H2. The molecule has 0 saturated carbocycles. The van der Waals surface area contributed by atoms with Crippen LogP contribution in [0.3, 0.4) is 0 Å². The molecule has 0 fully saturated rings. The van der Waals surface area contributed by atoms with Gasteiger partial charge in [0.15, 0.2) is 0 Å². The zero-order chi connectivity index (χ0) is 10.5. The van der Waals surface area contributed by atoms with Crippen LogP contribution in [0.15, 0.2) is 42.9 Å². The molecule has 2 N–H and O–H groups in total. The van der Waals surface area contributed by atoms with Crippen LogP contribution in [0.4, 0.5) is 5.95 Å². The lowest BCUT2D eigenvalue weighted by Crippen LogP contribution is -2.32. The largest absolute Gasteiger partial charge is 0.273 e. The molecule has 5 heteroatoms. The van der Waals surface area contributed by atoms with E-state index in [9.17, 15) is 0 Å². The molecule has 0 saturated heterocycles. The Bertz CT molecular complexity index is 403. The van der Waals surface area contributed by atoms with Crippen molar-refractivity contribution in [1.82, 2.24) is 15.0 Å². The Balaban J connectivity index is 2.08. The molecule has 0 spiro atoms. The van der Waals surface area contributed by atoms with Gasteiger partial charge >= 0.3 is 0 Å². The molecule has 2 heterocycles. The van der Waals surface area contributed by atoms with E-state index in [4.69, 9.17) is 5.84 Å². The third kappa shape index (κ3) is 2.47. The molecule has 0 atom stereocenters. The van der Waals surface area contributed by atoms with Gasteiger partial charge in [-0.2, -0.15) is 0 Å². The Morgan fingerprint density at radius 1 is 1.00 bits per heavy atom. The van der Waals surface area contributed by atoms with E-state index < -0.39 is 0 Å². The molecule has 76 valence electrons. The number of nitrogens with zero attached hydrogens (tertiary/aromatic N) is 4. The Kier molecular flexibility index (Phi) is 2.85. The van der Waals surface area contributed by atoms with Crippen LogP contribution >= 0.6 is 0 Å². The minimum Gasteiger partial charge on any atom is -0.273 e. The minimum atomic E-state index is 0.489. The lowest BCUT2D eigenvalue weighted by Gasteiger charge is -2.14. The first-order valence-electron chi connectivity index (χ1n) is 4.55. The molecule has 0 aliphatic carbocycles. The van der Waals surface area contributed by atoms with Crippen molar-refractivity contribution in [2.45, 2.75) is 6.54 Å². The summed E-state index contributed by atoms with van der Waals surface area (Å²) in [4.78, 5) is 12.2. The number of hydrazine groups is 1. The highest BCUT2D eigenvalue weighted by Gasteiger charge is 2.04. The number of pyridine rings is 1. The molecule has 2 aromatic rings. The third-order valence-corrected chi connectivity index (χ3v) is 1.87. The number of aromatic nitrogens is 3. The Morgan fingerprint density at radius 2 is 1.73 bits per heavy atom. The van der Waals surface area contributed by atoms with Crippen molar-refractivity contribution in [2.24, 2.45) is 5.84 Å². The van der Waals surface area contributed by atoms with Crippen molar-refractivity contribution in [3.8, 4) is 0 Å². The van der Waals surface area contributed by atoms with Crippen LogP contribution in [-0.4, -0.2) is 15.0 Å². The van der Waals surface area contributed by atoms with Gasteiger partial charge in [-0.05, 0) is 18.2 Å². The first-order chi connectivity index (χ1) is 7.36. The van der Waals surface area contributed by atoms with Crippen molar-refractivity contribution < 1.29 is 0 Å². The molecular formula is C10H11N5. The first kappa shape index (κ1) is 9.54. The number of nitrogens with two attached hydrogens (primary N) is 1. The molecule has 5 nitrogen and oxygen atoms in total.